The summed E-state index contributed by atoms with van der Waals surface area (Å²) in [6, 6.07) is 6.38. The van der Waals surface area contributed by atoms with Gasteiger partial charge in [0.1, 0.15) is 11.6 Å². The topological polar surface area (TPSA) is 30.3 Å². The second-order valence-corrected chi connectivity index (χ2v) is 5.68. The van der Waals surface area contributed by atoms with Crippen LogP contribution >= 0.6 is 11.6 Å². The number of alkyl halides is 1. The van der Waals surface area contributed by atoms with E-state index in [9.17, 15) is 0 Å². The minimum absolute atomic E-state index is 0.349. The third-order valence-corrected chi connectivity index (χ3v) is 3.55. The van der Waals surface area contributed by atoms with Crippen LogP contribution in [0.1, 0.15) is 18.8 Å². The van der Waals surface area contributed by atoms with Crippen LogP contribution in [0.4, 0.5) is 0 Å². The molecule has 1 atom stereocenters. The highest BCUT2D eigenvalue weighted by atomic mass is 35.5. The van der Waals surface area contributed by atoms with Crippen molar-refractivity contribution < 1.29 is 4.74 Å². The molecule has 0 N–H and O–H groups in total. The zero-order valence-corrected chi connectivity index (χ0v) is 13.3. The number of nitrogens with zero attached hydrogens (tertiary/aromatic N) is 3. The number of halogens is 1. The molecule has 2 rings (SSSR count). The maximum absolute atomic E-state index is 5.92. The number of aromatic nitrogens is 2. The Morgan fingerprint density at radius 3 is 2.75 bits per heavy atom. The molecule has 0 saturated carbocycles. The largest absolute Gasteiger partial charge is 0.497 e. The highest BCUT2D eigenvalue weighted by Gasteiger charge is 2.16. The molecule has 1 unspecified atom stereocenters. The molecule has 5 heteroatoms. The summed E-state index contributed by atoms with van der Waals surface area (Å²) in [6.45, 7) is 3.18. The van der Waals surface area contributed by atoms with Gasteiger partial charge < -0.3 is 14.2 Å². The summed E-state index contributed by atoms with van der Waals surface area (Å²) in [7, 11) is 5.84. The van der Waals surface area contributed by atoms with Crippen molar-refractivity contribution >= 4 is 22.6 Å². The highest BCUT2D eigenvalue weighted by molar-refractivity contribution is 6.17. The fraction of sp³-hybridized carbons (Fsp3) is 0.533. The van der Waals surface area contributed by atoms with Gasteiger partial charge in [-0.3, -0.25) is 0 Å². The van der Waals surface area contributed by atoms with Gasteiger partial charge >= 0.3 is 0 Å². The second-order valence-electron chi connectivity index (χ2n) is 5.30. The molecule has 0 aliphatic carbocycles. The summed E-state index contributed by atoms with van der Waals surface area (Å²) in [4.78, 5) is 6.90. The normalized spacial score (nSPS) is 13.1. The van der Waals surface area contributed by atoms with Crippen LogP contribution < -0.4 is 4.74 Å². The van der Waals surface area contributed by atoms with Crippen LogP contribution in [0.25, 0.3) is 11.0 Å². The van der Waals surface area contributed by atoms with Crippen LogP contribution in [0.5, 0.6) is 5.75 Å². The molecule has 20 heavy (non-hydrogen) atoms. The van der Waals surface area contributed by atoms with Crippen molar-refractivity contribution in [3.63, 3.8) is 0 Å². The Labute approximate surface area is 125 Å². The van der Waals surface area contributed by atoms with E-state index >= 15 is 0 Å². The lowest BCUT2D eigenvalue weighted by Gasteiger charge is -2.21. The first-order valence-corrected chi connectivity index (χ1v) is 7.35. The van der Waals surface area contributed by atoms with E-state index in [-0.39, 0.29) is 0 Å². The van der Waals surface area contributed by atoms with Crippen molar-refractivity contribution in [1.29, 1.82) is 0 Å². The predicted octanol–water partition coefficient (Wildman–Crippen LogP) is 2.95. The second kappa shape index (κ2) is 6.46. The number of hydrogen-bond donors (Lipinski definition) is 0. The van der Waals surface area contributed by atoms with Crippen LogP contribution in [-0.4, -0.2) is 48.1 Å². The summed E-state index contributed by atoms with van der Waals surface area (Å²) in [5.41, 5.74) is 2.11. The van der Waals surface area contributed by atoms with Crippen LogP contribution in [-0.2, 0) is 6.42 Å². The predicted molar refractivity (Wildman–Crippen MR) is 84.0 cm³/mol. The molecule has 1 aromatic carbocycles. The Bertz CT molecular complexity index is 580. The van der Waals surface area contributed by atoms with Gasteiger partial charge in [0.05, 0.1) is 18.1 Å². The number of benzene rings is 1. The zero-order valence-electron chi connectivity index (χ0n) is 12.6. The van der Waals surface area contributed by atoms with E-state index < -0.39 is 0 Å². The number of hydrogen-bond acceptors (Lipinski definition) is 3. The third-order valence-electron chi connectivity index (χ3n) is 3.36. The van der Waals surface area contributed by atoms with E-state index in [0.29, 0.717) is 11.9 Å². The smallest absolute Gasteiger partial charge is 0.121 e. The lowest BCUT2D eigenvalue weighted by atomic mass is 10.2. The number of rotatable bonds is 6. The Hall–Kier alpha value is -1.26. The number of imidazole rings is 1. The average Bonchev–Trinajstić information content (AvgIpc) is 2.75. The van der Waals surface area contributed by atoms with Gasteiger partial charge in [0, 0.05) is 31.0 Å². The minimum atomic E-state index is 0.349. The van der Waals surface area contributed by atoms with Crippen molar-refractivity contribution in [2.24, 2.45) is 0 Å². The first kappa shape index (κ1) is 15.1. The molecule has 0 radical (unpaired) electrons. The SMILES string of the molecule is COc1ccc2c(c1)nc(CCCl)n2C(C)CN(C)C. The molecule has 0 saturated heterocycles. The summed E-state index contributed by atoms with van der Waals surface area (Å²) in [5.74, 6) is 2.45. The van der Waals surface area contributed by atoms with Crippen molar-refractivity contribution in [3.05, 3.63) is 24.0 Å². The van der Waals surface area contributed by atoms with Crippen LogP contribution in [0.3, 0.4) is 0 Å². The number of likely N-dealkylation sites (N-methyl/N-ethyl adjacent to an activating group) is 1. The molecule has 2 aromatic rings. The van der Waals surface area contributed by atoms with Crippen molar-refractivity contribution in [3.8, 4) is 5.75 Å². The standard InChI is InChI=1S/C15H22ClN3O/c1-11(10-18(2)3)19-14-6-5-12(20-4)9-13(14)17-15(19)7-8-16/h5-6,9,11H,7-8,10H2,1-4H3. The van der Waals surface area contributed by atoms with E-state index in [4.69, 9.17) is 21.3 Å². The molecule has 0 aliphatic rings. The molecule has 0 bridgehead atoms. The third kappa shape index (κ3) is 3.07. The van der Waals surface area contributed by atoms with Crippen LogP contribution in [0.2, 0.25) is 0 Å². The number of methoxy groups -OCH3 is 1. The monoisotopic (exact) mass is 295 g/mol. The Balaban J connectivity index is 2.50. The molecular weight excluding hydrogens is 274 g/mol. The number of ether oxygens (including phenoxy) is 1. The molecule has 0 aliphatic heterocycles. The van der Waals surface area contributed by atoms with Gasteiger partial charge in [-0.25, -0.2) is 4.98 Å². The van der Waals surface area contributed by atoms with Crippen LogP contribution in [0, 0.1) is 0 Å². The Morgan fingerprint density at radius 1 is 1.40 bits per heavy atom. The summed E-state index contributed by atoms with van der Waals surface area (Å²) in [5, 5.41) is 0. The van der Waals surface area contributed by atoms with Crippen molar-refractivity contribution in [1.82, 2.24) is 14.5 Å². The first-order valence-electron chi connectivity index (χ1n) is 6.82. The van der Waals surface area contributed by atoms with E-state index in [1.165, 1.54) is 0 Å². The molecule has 0 fully saturated rings. The van der Waals surface area contributed by atoms with Gasteiger partial charge in [-0.2, -0.15) is 0 Å². The molecular formula is C15H22ClN3O. The molecule has 0 spiro atoms. The fourth-order valence-corrected chi connectivity index (χ4v) is 2.79. The number of fused-ring (bicyclic) bond motifs is 1. The molecule has 0 amide bonds. The quantitative estimate of drug-likeness (QED) is 0.768. The molecule has 110 valence electrons. The Morgan fingerprint density at radius 2 is 2.15 bits per heavy atom. The lowest BCUT2D eigenvalue weighted by molar-refractivity contribution is 0.337. The Kier molecular flexibility index (Phi) is 4.89. The number of aryl methyl sites for hydroxylation is 1. The van der Waals surface area contributed by atoms with Crippen LogP contribution in [0.15, 0.2) is 18.2 Å². The van der Waals surface area contributed by atoms with Crippen molar-refractivity contribution in [2.75, 3.05) is 33.6 Å². The summed E-state index contributed by atoms with van der Waals surface area (Å²) in [6.07, 6.45) is 0.774. The van der Waals surface area contributed by atoms with Gasteiger partial charge in [-0.15, -0.1) is 11.6 Å². The lowest BCUT2D eigenvalue weighted by Crippen LogP contribution is -2.23. The minimum Gasteiger partial charge on any atom is -0.497 e. The zero-order chi connectivity index (χ0) is 14.7. The maximum Gasteiger partial charge on any atom is 0.121 e. The van der Waals surface area contributed by atoms with Gasteiger partial charge in [-0.1, -0.05) is 0 Å². The van der Waals surface area contributed by atoms with Crippen molar-refractivity contribution in [2.45, 2.75) is 19.4 Å². The van der Waals surface area contributed by atoms with Gasteiger partial charge in [-0.05, 0) is 33.2 Å². The van der Waals surface area contributed by atoms with E-state index in [2.05, 4.69) is 36.6 Å². The fourth-order valence-electron chi connectivity index (χ4n) is 2.62. The van der Waals surface area contributed by atoms with E-state index in [1.54, 1.807) is 7.11 Å². The molecule has 1 heterocycles. The molecule has 1 aromatic heterocycles. The maximum atomic E-state index is 5.92. The average molecular weight is 296 g/mol. The summed E-state index contributed by atoms with van der Waals surface area (Å²) >= 11 is 5.92. The van der Waals surface area contributed by atoms with Gasteiger partial charge in [0.15, 0.2) is 0 Å². The van der Waals surface area contributed by atoms with E-state index in [1.807, 2.05) is 12.1 Å². The van der Waals surface area contributed by atoms with Gasteiger partial charge in [0.25, 0.3) is 0 Å². The highest BCUT2D eigenvalue weighted by Crippen LogP contribution is 2.25. The first-order chi connectivity index (χ1) is 9.56. The molecule has 4 nitrogen and oxygen atoms in total. The van der Waals surface area contributed by atoms with E-state index in [0.717, 1.165) is 35.6 Å². The van der Waals surface area contributed by atoms with Gasteiger partial charge in [0.2, 0.25) is 0 Å². The summed E-state index contributed by atoms with van der Waals surface area (Å²) < 4.78 is 7.56.